The average Bonchev–Trinajstić information content (AvgIpc) is 2.99. The Kier molecular flexibility index (Phi) is 3.51. The Labute approximate surface area is 147 Å². The van der Waals surface area contributed by atoms with E-state index in [2.05, 4.69) is 15.4 Å². The molecule has 1 aliphatic heterocycles. The molecular formula is C18H17F3N4O. The highest BCUT2D eigenvalue weighted by molar-refractivity contribution is 6.00. The van der Waals surface area contributed by atoms with Crippen LogP contribution in [0.15, 0.2) is 41.9 Å². The van der Waals surface area contributed by atoms with Gasteiger partial charge in [0.05, 0.1) is 5.56 Å². The van der Waals surface area contributed by atoms with Crippen LogP contribution in [0.25, 0.3) is 0 Å². The van der Waals surface area contributed by atoms with Crippen LogP contribution in [0.5, 0.6) is 0 Å². The number of aromatic nitrogens is 3. The van der Waals surface area contributed by atoms with E-state index in [1.807, 2.05) is 13.8 Å². The number of allylic oxidation sites excluding steroid dienone is 2. The molecule has 0 unspecified atom stereocenters. The van der Waals surface area contributed by atoms with Crippen LogP contribution in [0.2, 0.25) is 0 Å². The zero-order chi connectivity index (χ0) is 18.7. The fraction of sp³-hybridized carbons (Fsp3) is 0.389. The van der Waals surface area contributed by atoms with Crippen LogP contribution in [0, 0.1) is 5.41 Å². The highest BCUT2D eigenvalue weighted by atomic mass is 19.4. The van der Waals surface area contributed by atoms with Crippen molar-refractivity contribution >= 4 is 11.7 Å². The second-order valence-electron chi connectivity index (χ2n) is 7.51. The van der Waals surface area contributed by atoms with Crippen molar-refractivity contribution in [3.63, 3.8) is 0 Å². The number of nitrogens with one attached hydrogen (secondary N) is 1. The molecule has 26 heavy (non-hydrogen) atoms. The third-order valence-electron chi connectivity index (χ3n) is 4.83. The Morgan fingerprint density at radius 2 is 1.88 bits per heavy atom. The van der Waals surface area contributed by atoms with Gasteiger partial charge in [-0.1, -0.05) is 26.0 Å². The van der Waals surface area contributed by atoms with E-state index >= 15 is 0 Å². The molecule has 1 aromatic carbocycles. The van der Waals surface area contributed by atoms with Crippen molar-refractivity contribution < 1.29 is 18.0 Å². The molecule has 4 rings (SSSR count). The van der Waals surface area contributed by atoms with E-state index in [0.29, 0.717) is 29.9 Å². The van der Waals surface area contributed by atoms with Crippen molar-refractivity contribution in [3.8, 4) is 0 Å². The smallest absolute Gasteiger partial charge is 0.328 e. The van der Waals surface area contributed by atoms with Crippen molar-refractivity contribution in [3.05, 3.63) is 53.0 Å². The van der Waals surface area contributed by atoms with Crippen molar-refractivity contribution in [2.24, 2.45) is 5.41 Å². The summed E-state index contributed by atoms with van der Waals surface area (Å²) in [6.45, 7) is 4.03. The molecule has 0 fully saturated rings. The zero-order valence-corrected chi connectivity index (χ0v) is 14.3. The Morgan fingerprint density at radius 1 is 1.19 bits per heavy atom. The maximum atomic E-state index is 12.9. The van der Waals surface area contributed by atoms with Gasteiger partial charge in [0.15, 0.2) is 5.78 Å². The maximum Gasteiger partial charge on any atom is 0.416 e. The molecule has 0 radical (unpaired) electrons. The maximum absolute atomic E-state index is 12.9. The van der Waals surface area contributed by atoms with Gasteiger partial charge in [-0.3, -0.25) is 4.79 Å². The van der Waals surface area contributed by atoms with E-state index in [9.17, 15) is 18.0 Å². The molecule has 0 saturated carbocycles. The normalized spacial score (nSPS) is 21.9. The SMILES string of the molecule is CC1(C)CC(=O)C2=C(C1)Nc1ncnn1[C@@H]2c1ccc(C(F)(F)F)cc1. The lowest BCUT2D eigenvalue weighted by atomic mass is 9.73. The summed E-state index contributed by atoms with van der Waals surface area (Å²) < 4.78 is 40.2. The lowest BCUT2D eigenvalue weighted by molar-refractivity contribution is -0.137. The predicted octanol–water partition coefficient (Wildman–Crippen LogP) is 3.96. The monoisotopic (exact) mass is 362 g/mol. The summed E-state index contributed by atoms with van der Waals surface area (Å²) in [4.78, 5) is 17.0. The summed E-state index contributed by atoms with van der Waals surface area (Å²) in [7, 11) is 0. The zero-order valence-electron chi connectivity index (χ0n) is 14.3. The second-order valence-corrected chi connectivity index (χ2v) is 7.51. The summed E-state index contributed by atoms with van der Waals surface area (Å²) in [6.07, 6.45) is -1.99. The second kappa shape index (κ2) is 5.43. The van der Waals surface area contributed by atoms with Crippen LogP contribution in [0.3, 0.4) is 0 Å². The predicted molar refractivity (Wildman–Crippen MR) is 88.3 cm³/mol. The molecule has 0 amide bonds. The molecule has 1 aromatic heterocycles. The van der Waals surface area contributed by atoms with Gasteiger partial charge in [0.1, 0.15) is 12.4 Å². The van der Waals surface area contributed by atoms with Crippen molar-refractivity contribution in [2.75, 3.05) is 5.32 Å². The van der Waals surface area contributed by atoms with E-state index in [0.717, 1.165) is 17.8 Å². The van der Waals surface area contributed by atoms with Gasteiger partial charge in [-0.2, -0.15) is 23.3 Å². The highest BCUT2D eigenvalue weighted by Gasteiger charge is 2.41. The first-order chi connectivity index (χ1) is 12.2. The number of hydrogen-bond donors (Lipinski definition) is 1. The molecule has 0 bridgehead atoms. The number of carbonyl (C=O) groups is 1. The van der Waals surface area contributed by atoms with Crippen LogP contribution in [0.4, 0.5) is 19.1 Å². The van der Waals surface area contributed by atoms with Gasteiger partial charge in [-0.25, -0.2) is 4.68 Å². The number of benzene rings is 1. The molecule has 0 saturated heterocycles. The number of Topliss-reactive ketones (excluding diaryl/α,β-unsaturated/α-hetero) is 1. The number of alkyl halides is 3. The Bertz CT molecular complexity index is 909. The van der Waals surface area contributed by atoms with Gasteiger partial charge < -0.3 is 5.32 Å². The van der Waals surface area contributed by atoms with Gasteiger partial charge in [0.25, 0.3) is 0 Å². The lowest BCUT2D eigenvalue weighted by Crippen LogP contribution is -2.36. The van der Waals surface area contributed by atoms with Gasteiger partial charge in [0, 0.05) is 17.7 Å². The number of ketones is 1. The van der Waals surface area contributed by atoms with Crippen molar-refractivity contribution in [2.45, 2.75) is 38.9 Å². The number of anilines is 1. The van der Waals surface area contributed by atoms with E-state index in [-0.39, 0.29) is 11.2 Å². The Balaban J connectivity index is 1.83. The van der Waals surface area contributed by atoms with Crippen LogP contribution in [-0.2, 0) is 11.0 Å². The molecule has 1 N–H and O–H groups in total. The van der Waals surface area contributed by atoms with Crippen molar-refractivity contribution in [1.29, 1.82) is 0 Å². The van der Waals surface area contributed by atoms with Crippen molar-refractivity contribution in [1.82, 2.24) is 14.8 Å². The molecule has 1 aliphatic carbocycles. The molecule has 2 aromatic rings. The van der Waals surface area contributed by atoms with E-state index in [1.165, 1.54) is 18.5 Å². The first kappa shape index (κ1) is 16.8. The quantitative estimate of drug-likeness (QED) is 0.834. The van der Waals surface area contributed by atoms with Gasteiger partial charge >= 0.3 is 6.18 Å². The number of nitrogens with zero attached hydrogens (tertiary/aromatic N) is 3. The summed E-state index contributed by atoms with van der Waals surface area (Å²) in [6, 6.07) is 4.30. The number of hydrogen-bond acceptors (Lipinski definition) is 4. The molecule has 136 valence electrons. The summed E-state index contributed by atoms with van der Waals surface area (Å²) in [5, 5.41) is 7.35. The standard InChI is InChI=1S/C18H17F3N4O/c1-17(2)7-12-14(13(26)8-17)15(25-16(24-12)22-9-23-25)10-3-5-11(6-4-10)18(19,20)21/h3-6,9,15H,7-8H2,1-2H3,(H,22,23,24)/t15-/m1/s1. The molecule has 2 aliphatic rings. The van der Waals surface area contributed by atoms with E-state index < -0.39 is 17.8 Å². The number of carbonyl (C=O) groups excluding carboxylic acids is 1. The number of halogens is 3. The number of fused-ring (bicyclic) bond motifs is 1. The molecule has 0 spiro atoms. The lowest BCUT2D eigenvalue weighted by Gasteiger charge is -2.38. The van der Waals surface area contributed by atoms with Gasteiger partial charge in [0.2, 0.25) is 5.95 Å². The molecular weight excluding hydrogens is 345 g/mol. The average molecular weight is 362 g/mol. The molecule has 2 heterocycles. The van der Waals surface area contributed by atoms with Gasteiger partial charge in [-0.05, 0) is 29.5 Å². The topological polar surface area (TPSA) is 59.8 Å². The molecule has 1 atom stereocenters. The van der Waals surface area contributed by atoms with Crippen LogP contribution >= 0.6 is 0 Å². The minimum absolute atomic E-state index is 0.0187. The molecule has 5 nitrogen and oxygen atoms in total. The number of rotatable bonds is 1. The Hall–Kier alpha value is -2.64. The third-order valence-corrected chi connectivity index (χ3v) is 4.83. The summed E-state index contributed by atoms with van der Waals surface area (Å²) >= 11 is 0. The van der Waals surface area contributed by atoms with Crippen LogP contribution in [-0.4, -0.2) is 20.5 Å². The van der Waals surface area contributed by atoms with Gasteiger partial charge in [-0.15, -0.1) is 0 Å². The minimum Gasteiger partial charge on any atom is -0.328 e. The highest BCUT2D eigenvalue weighted by Crippen LogP contribution is 2.45. The van der Waals surface area contributed by atoms with E-state index in [1.54, 1.807) is 4.68 Å². The first-order valence-corrected chi connectivity index (χ1v) is 8.26. The summed E-state index contributed by atoms with van der Waals surface area (Å²) in [5.74, 6) is 0.467. The third kappa shape index (κ3) is 2.69. The van der Waals surface area contributed by atoms with E-state index in [4.69, 9.17) is 0 Å². The fourth-order valence-electron chi connectivity index (χ4n) is 3.71. The van der Waals surface area contributed by atoms with Crippen LogP contribution in [0.1, 0.15) is 43.9 Å². The minimum atomic E-state index is -4.40. The summed E-state index contributed by atoms with van der Waals surface area (Å²) in [5.41, 5.74) is 1.00. The Morgan fingerprint density at radius 3 is 2.54 bits per heavy atom. The largest absolute Gasteiger partial charge is 0.416 e. The molecule has 8 heteroatoms. The van der Waals surface area contributed by atoms with Crippen LogP contribution < -0.4 is 5.32 Å². The first-order valence-electron chi connectivity index (χ1n) is 8.26. The fourth-order valence-corrected chi connectivity index (χ4v) is 3.71.